The standard InChI is InChI=1S/C14H21NO2S2/c16-19(17,9-11-6-7-11)10-14-15-13(8-18-14)12-4-2-1-3-5-12/h8,11-12H,1-7,9-10H2. The molecule has 0 N–H and O–H groups in total. The molecule has 2 saturated carbocycles. The van der Waals surface area contributed by atoms with Crippen molar-refractivity contribution >= 4 is 21.2 Å². The van der Waals surface area contributed by atoms with Gasteiger partial charge < -0.3 is 0 Å². The second-order valence-corrected chi connectivity index (χ2v) is 9.05. The number of hydrogen-bond donors (Lipinski definition) is 0. The lowest BCUT2D eigenvalue weighted by molar-refractivity contribution is 0.437. The van der Waals surface area contributed by atoms with Crippen LogP contribution in [0.1, 0.15) is 61.6 Å². The van der Waals surface area contributed by atoms with Gasteiger partial charge in [0.05, 0.1) is 11.4 Å². The Bertz CT molecular complexity index is 525. The van der Waals surface area contributed by atoms with E-state index in [2.05, 4.69) is 10.4 Å². The molecule has 3 rings (SSSR count). The highest BCUT2D eigenvalue weighted by molar-refractivity contribution is 7.90. The van der Waals surface area contributed by atoms with Crippen molar-refractivity contribution in [2.45, 2.75) is 56.6 Å². The summed E-state index contributed by atoms with van der Waals surface area (Å²) in [6.45, 7) is 0. The van der Waals surface area contributed by atoms with Crippen LogP contribution in [0.4, 0.5) is 0 Å². The van der Waals surface area contributed by atoms with E-state index in [1.165, 1.54) is 43.4 Å². The fraction of sp³-hybridized carbons (Fsp3) is 0.786. The smallest absolute Gasteiger partial charge is 0.157 e. The van der Waals surface area contributed by atoms with E-state index in [-0.39, 0.29) is 5.75 Å². The van der Waals surface area contributed by atoms with Gasteiger partial charge in [0.1, 0.15) is 10.8 Å². The summed E-state index contributed by atoms with van der Waals surface area (Å²) in [4.78, 5) is 4.59. The van der Waals surface area contributed by atoms with Crippen LogP contribution in [0.25, 0.3) is 0 Å². The average molecular weight is 299 g/mol. The molecule has 0 bridgehead atoms. The number of rotatable bonds is 5. The van der Waals surface area contributed by atoms with E-state index >= 15 is 0 Å². The molecule has 0 spiro atoms. The zero-order valence-electron chi connectivity index (χ0n) is 11.2. The Morgan fingerprint density at radius 1 is 1.16 bits per heavy atom. The summed E-state index contributed by atoms with van der Waals surface area (Å²) in [7, 11) is -2.94. The second kappa shape index (κ2) is 5.52. The molecule has 0 radical (unpaired) electrons. The third-order valence-electron chi connectivity index (χ3n) is 4.12. The number of nitrogens with zero attached hydrogens (tertiary/aromatic N) is 1. The zero-order valence-corrected chi connectivity index (χ0v) is 12.8. The molecule has 19 heavy (non-hydrogen) atoms. The van der Waals surface area contributed by atoms with Gasteiger partial charge in [-0.25, -0.2) is 13.4 Å². The lowest BCUT2D eigenvalue weighted by atomic mass is 9.87. The Hall–Kier alpha value is -0.420. The second-order valence-electron chi connectivity index (χ2n) is 6.00. The number of hydrogen-bond acceptors (Lipinski definition) is 4. The van der Waals surface area contributed by atoms with Gasteiger partial charge in [-0.3, -0.25) is 0 Å². The molecule has 0 unspecified atom stereocenters. The minimum Gasteiger partial charge on any atom is -0.245 e. The largest absolute Gasteiger partial charge is 0.245 e. The third-order valence-corrected chi connectivity index (χ3v) is 6.87. The van der Waals surface area contributed by atoms with Gasteiger partial charge in [0.15, 0.2) is 9.84 Å². The van der Waals surface area contributed by atoms with Crippen LogP contribution in [-0.4, -0.2) is 19.2 Å². The maximum Gasteiger partial charge on any atom is 0.157 e. The van der Waals surface area contributed by atoms with Crippen LogP contribution in [0.5, 0.6) is 0 Å². The molecule has 0 amide bonds. The molecule has 0 saturated heterocycles. The molecule has 0 aromatic carbocycles. The highest BCUT2D eigenvalue weighted by Crippen LogP contribution is 2.34. The summed E-state index contributed by atoms with van der Waals surface area (Å²) < 4.78 is 24.0. The summed E-state index contributed by atoms with van der Waals surface area (Å²) in [6.07, 6.45) is 8.53. The Morgan fingerprint density at radius 2 is 1.89 bits per heavy atom. The van der Waals surface area contributed by atoms with E-state index in [1.807, 2.05) is 0 Å². The topological polar surface area (TPSA) is 47.0 Å². The van der Waals surface area contributed by atoms with Crippen molar-refractivity contribution in [3.05, 3.63) is 16.1 Å². The van der Waals surface area contributed by atoms with Crippen molar-refractivity contribution < 1.29 is 8.42 Å². The molecular formula is C14H21NO2S2. The van der Waals surface area contributed by atoms with Gasteiger partial charge in [0.2, 0.25) is 0 Å². The molecule has 2 aliphatic carbocycles. The quantitative estimate of drug-likeness (QED) is 0.836. The van der Waals surface area contributed by atoms with Crippen molar-refractivity contribution in [2.24, 2.45) is 5.92 Å². The molecule has 1 aromatic heterocycles. The minimum absolute atomic E-state index is 0.154. The third kappa shape index (κ3) is 3.78. The Labute approximate surface area is 119 Å². The molecule has 106 valence electrons. The van der Waals surface area contributed by atoms with Gasteiger partial charge in [0.25, 0.3) is 0 Å². The van der Waals surface area contributed by atoms with E-state index in [1.54, 1.807) is 0 Å². The van der Waals surface area contributed by atoms with Crippen LogP contribution >= 0.6 is 11.3 Å². The molecule has 0 aliphatic heterocycles. The average Bonchev–Trinajstić information content (AvgIpc) is 3.05. The van der Waals surface area contributed by atoms with Gasteiger partial charge in [-0.05, 0) is 31.6 Å². The maximum absolute atomic E-state index is 12.0. The van der Waals surface area contributed by atoms with Crippen molar-refractivity contribution in [3.8, 4) is 0 Å². The van der Waals surface area contributed by atoms with Gasteiger partial charge in [-0.2, -0.15) is 0 Å². The molecule has 1 heterocycles. The Morgan fingerprint density at radius 3 is 2.58 bits per heavy atom. The van der Waals surface area contributed by atoms with Gasteiger partial charge in [-0.1, -0.05) is 19.3 Å². The van der Waals surface area contributed by atoms with Crippen LogP contribution in [0.15, 0.2) is 5.38 Å². The summed E-state index contributed by atoms with van der Waals surface area (Å²) in [5.41, 5.74) is 1.14. The first kappa shape index (κ1) is 13.6. The lowest BCUT2D eigenvalue weighted by Crippen LogP contribution is -2.11. The molecular weight excluding hydrogens is 278 g/mol. The Kier molecular flexibility index (Phi) is 3.94. The summed E-state index contributed by atoms with van der Waals surface area (Å²) in [5.74, 6) is 1.53. The van der Waals surface area contributed by atoms with E-state index < -0.39 is 9.84 Å². The monoisotopic (exact) mass is 299 g/mol. The maximum atomic E-state index is 12.0. The van der Waals surface area contributed by atoms with Crippen molar-refractivity contribution in [1.29, 1.82) is 0 Å². The molecule has 3 nitrogen and oxygen atoms in total. The lowest BCUT2D eigenvalue weighted by Gasteiger charge is -2.19. The van der Waals surface area contributed by atoms with E-state index in [4.69, 9.17) is 0 Å². The number of thiazole rings is 1. The summed E-state index contributed by atoms with van der Waals surface area (Å²) in [6, 6.07) is 0. The van der Waals surface area contributed by atoms with Crippen LogP contribution in [0, 0.1) is 5.92 Å². The van der Waals surface area contributed by atoms with Crippen molar-refractivity contribution in [3.63, 3.8) is 0 Å². The number of aromatic nitrogens is 1. The van der Waals surface area contributed by atoms with Gasteiger partial charge in [0, 0.05) is 11.3 Å². The first-order valence-electron chi connectivity index (χ1n) is 7.27. The molecule has 0 atom stereocenters. The van der Waals surface area contributed by atoms with Crippen LogP contribution < -0.4 is 0 Å². The zero-order chi connectivity index (χ0) is 13.3. The predicted molar refractivity (Wildman–Crippen MR) is 78.2 cm³/mol. The van der Waals surface area contributed by atoms with E-state index in [9.17, 15) is 8.42 Å². The molecule has 1 aromatic rings. The predicted octanol–water partition coefficient (Wildman–Crippen LogP) is 3.52. The minimum atomic E-state index is -2.94. The van der Waals surface area contributed by atoms with Crippen LogP contribution in [-0.2, 0) is 15.6 Å². The normalized spacial score (nSPS) is 21.7. The van der Waals surface area contributed by atoms with Crippen molar-refractivity contribution in [1.82, 2.24) is 4.98 Å². The fourth-order valence-electron chi connectivity index (χ4n) is 2.87. The van der Waals surface area contributed by atoms with Crippen molar-refractivity contribution in [2.75, 3.05) is 5.75 Å². The highest BCUT2D eigenvalue weighted by Gasteiger charge is 2.29. The highest BCUT2D eigenvalue weighted by atomic mass is 32.2. The summed E-state index contributed by atoms with van der Waals surface area (Å²) >= 11 is 1.53. The molecule has 2 aliphatic rings. The molecule has 2 fully saturated rings. The molecule has 5 heteroatoms. The Balaban J connectivity index is 1.63. The van der Waals surface area contributed by atoms with E-state index in [0.717, 1.165) is 23.5 Å². The first-order valence-corrected chi connectivity index (χ1v) is 9.97. The number of sulfone groups is 1. The first-order chi connectivity index (χ1) is 9.12. The van der Waals surface area contributed by atoms with E-state index in [0.29, 0.717) is 17.6 Å². The van der Waals surface area contributed by atoms with Gasteiger partial charge >= 0.3 is 0 Å². The fourth-order valence-corrected chi connectivity index (χ4v) is 5.95. The SMILES string of the molecule is O=S(=O)(Cc1nc(C2CCCCC2)cs1)CC1CC1. The van der Waals surface area contributed by atoms with Crippen LogP contribution in [0.2, 0.25) is 0 Å². The summed E-state index contributed by atoms with van der Waals surface area (Å²) in [5, 5.41) is 2.87. The van der Waals surface area contributed by atoms with Gasteiger partial charge in [-0.15, -0.1) is 11.3 Å². The van der Waals surface area contributed by atoms with Crippen LogP contribution in [0.3, 0.4) is 0 Å².